The SMILES string of the molecule is CC(CN1CCCC1)NS(=O)(=O)CCN1CCNCC1. The van der Waals surface area contributed by atoms with Crippen LogP contribution in [0.1, 0.15) is 19.8 Å². The highest BCUT2D eigenvalue weighted by atomic mass is 32.2. The minimum Gasteiger partial charge on any atom is -0.314 e. The summed E-state index contributed by atoms with van der Waals surface area (Å²) < 4.78 is 27.0. The fraction of sp³-hybridized carbons (Fsp3) is 1.00. The Morgan fingerprint density at radius 2 is 1.75 bits per heavy atom. The van der Waals surface area contributed by atoms with Crippen molar-refractivity contribution >= 4 is 10.0 Å². The molecule has 0 saturated carbocycles. The van der Waals surface area contributed by atoms with Gasteiger partial charge in [-0.3, -0.25) is 4.90 Å². The second-order valence-electron chi connectivity index (χ2n) is 5.94. The number of rotatable bonds is 7. The summed E-state index contributed by atoms with van der Waals surface area (Å²) in [5.74, 6) is 0.206. The molecule has 2 rings (SSSR count). The van der Waals surface area contributed by atoms with Crippen molar-refractivity contribution in [3.05, 3.63) is 0 Å². The van der Waals surface area contributed by atoms with Gasteiger partial charge in [-0.2, -0.15) is 0 Å². The Morgan fingerprint density at radius 1 is 1.10 bits per heavy atom. The van der Waals surface area contributed by atoms with E-state index in [0.717, 1.165) is 45.8 Å². The average molecular weight is 304 g/mol. The Balaban J connectivity index is 1.68. The minimum atomic E-state index is -3.16. The van der Waals surface area contributed by atoms with E-state index in [1.54, 1.807) is 0 Å². The summed E-state index contributed by atoms with van der Waals surface area (Å²) in [5.41, 5.74) is 0. The largest absolute Gasteiger partial charge is 0.314 e. The van der Waals surface area contributed by atoms with Gasteiger partial charge in [0.25, 0.3) is 0 Å². The smallest absolute Gasteiger partial charge is 0.213 e. The highest BCUT2D eigenvalue weighted by Gasteiger charge is 2.20. The predicted molar refractivity (Wildman–Crippen MR) is 81.4 cm³/mol. The molecular formula is C13H28N4O2S. The summed E-state index contributed by atoms with van der Waals surface area (Å²) in [6, 6.07) is 0.00104. The van der Waals surface area contributed by atoms with Crippen LogP contribution in [0.2, 0.25) is 0 Å². The summed E-state index contributed by atoms with van der Waals surface area (Å²) in [7, 11) is -3.16. The zero-order chi connectivity index (χ0) is 14.4. The van der Waals surface area contributed by atoms with Gasteiger partial charge in [-0.1, -0.05) is 0 Å². The number of nitrogens with one attached hydrogen (secondary N) is 2. The van der Waals surface area contributed by atoms with Crippen LogP contribution in [0.4, 0.5) is 0 Å². The number of sulfonamides is 1. The lowest BCUT2D eigenvalue weighted by Crippen LogP contribution is -2.47. The molecule has 2 saturated heterocycles. The van der Waals surface area contributed by atoms with Crippen molar-refractivity contribution in [1.82, 2.24) is 19.8 Å². The first-order chi connectivity index (χ1) is 9.55. The molecule has 0 radical (unpaired) electrons. The quantitative estimate of drug-likeness (QED) is 0.651. The molecule has 2 aliphatic rings. The molecule has 2 aliphatic heterocycles. The lowest BCUT2D eigenvalue weighted by Gasteiger charge is -2.27. The molecule has 2 N–H and O–H groups in total. The molecule has 0 aromatic heterocycles. The van der Waals surface area contributed by atoms with Crippen LogP contribution in [0.3, 0.4) is 0 Å². The first-order valence-electron chi connectivity index (χ1n) is 7.70. The van der Waals surface area contributed by atoms with E-state index in [0.29, 0.717) is 6.54 Å². The van der Waals surface area contributed by atoms with E-state index in [1.165, 1.54) is 12.8 Å². The van der Waals surface area contributed by atoms with E-state index in [9.17, 15) is 8.42 Å². The van der Waals surface area contributed by atoms with Crippen LogP contribution >= 0.6 is 0 Å². The van der Waals surface area contributed by atoms with Crippen LogP contribution < -0.4 is 10.0 Å². The highest BCUT2D eigenvalue weighted by molar-refractivity contribution is 7.89. The monoisotopic (exact) mass is 304 g/mol. The Bertz CT molecular complexity index is 376. The van der Waals surface area contributed by atoms with E-state index < -0.39 is 10.0 Å². The van der Waals surface area contributed by atoms with Crippen LogP contribution in [0.15, 0.2) is 0 Å². The van der Waals surface area contributed by atoms with Gasteiger partial charge in [0.1, 0.15) is 0 Å². The van der Waals surface area contributed by atoms with Crippen LogP contribution in [-0.4, -0.2) is 82.4 Å². The molecule has 0 aromatic carbocycles. The van der Waals surface area contributed by atoms with Gasteiger partial charge in [0, 0.05) is 45.3 Å². The fourth-order valence-corrected chi connectivity index (χ4v) is 4.24. The molecule has 118 valence electrons. The minimum absolute atomic E-state index is 0.00104. The van der Waals surface area contributed by atoms with Crippen molar-refractivity contribution in [2.45, 2.75) is 25.8 Å². The van der Waals surface area contributed by atoms with E-state index in [2.05, 4.69) is 19.8 Å². The van der Waals surface area contributed by atoms with Gasteiger partial charge in [-0.15, -0.1) is 0 Å². The van der Waals surface area contributed by atoms with E-state index in [4.69, 9.17) is 0 Å². The molecule has 20 heavy (non-hydrogen) atoms. The Hall–Kier alpha value is -0.210. The molecule has 0 bridgehead atoms. The molecule has 1 unspecified atom stereocenters. The first-order valence-corrected chi connectivity index (χ1v) is 9.36. The summed E-state index contributed by atoms with van der Waals surface area (Å²) in [6.45, 7) is 9.43. The Kier molecular flexibility index (Phi) is 6.22. The molecular weight excluding hydrogens is 276 g/mol. The van der Waals surface area contributed by atoms with Gasteiger partial charge in [-0.25, -0.2) is 13.1 Å². The third kappa shape index (κ3) is 5.65. The van der Waals surface area contributed by atoms with Crippen LogP contribution in [0.5, 0.6) is 0 Å². The van der Waals surface area contributed by atoms with Crippen molar-refractivity contribution in [1.29, 1.82) is 0 Å². The molecule has 2 heterocycles. The Labute approximate surface area is 122 Å². The number of likely N-dealkylation sites (tertiary alicyclic amines) is 1. The normalized spacial score (nSPS) is 24.1. The van der Waals surface area contributed by atoms with E-state index in [-0.39, 0.29) is 11.8 Å². The topological polar surface area (TPSA) is 64.7 Å². The molecule has 0 aliphatic carbocycles. The molecule has 1 atom stereocenters. The van der Waals surface area contributed by atoms with Crippen molar-refractivity contribution in [2.75, 3.05) is 58.1 Å². The third-order valence-corrected chi connectivity index (χ3v) is 5.48. The maximum Gasteiger partial charge on any atom is 0.213 e. The summed E-state index contributed by atoms with van der Waals surface area (Å²) in [6.07, 6.45) is 2.48. The van der Waals surface area contributed by atoms with E-state index in [1.807, 2.05) is 6.92 Å². The second-order valence-corrected chi connectivity index (χ2v) is 7.81. The molecule has 0 aromatic rings. The van der Waals surface area contributed by atoms with Crippen LogP contribution in [0.25, 0.3) is 0 Å². The van der Waals surface area contributed by atoms with Crippen molar-refractivity contribution in [2.24, 2.45) is 0 Å². The lowest BCUT2D eigenvalue weighted by atomic mass is 10.3. The van der Waals surface area contributed by atoms with Gasteiger partial charge in [-0.05, 0) is 32.9 Å². The first kappa shape index (κ1) is 16.2. The number of hydrogen-bond acceptors (Lipinski definition) is 5. The van der Waals surface area contributed by atoms with Gasteiger partial charge in [0.05, 0.1) is 5.75 Å². The van der Waals surface area contributed by atoms with E-state index >= 15 is 0 Å². The fourth-order valence-electron chi connectivity index (χ4n) is 2.94. The van der Waals surface area contributed by atoms with Crippen molar-refractivity contribution in [3.8, 4) is 0 Å². The zero-order valence-electron chi connectivity index (χ0n) is 12.5. The van der Waals surface area contributed by atoms with Gasteiger partial charge in [0.15, 0.2) is 0 Å². The molecule has 6 nitrogen and oxygen atoms in total. The van der Waals surface area contributed by atoms with Gasteiger partial charge < -0.3 is 10.2 Å². The van der Waals surface area contributed by atoms with Gasteiger partial charge >= 0.3 is 0 Å². The molecule has 2 fully saturated rings. The Morgan fingerprint density at radius 3 is 2.40 bits per heavy atom. The number of hydrogen-bond donors (Lipinski definition) is 2. The maximum atomic E-state index is 12.1. The van der Waals surface area contributed by atoms with Crippen molar-refractivity contribution < 1.29 is 8.42 Å². The predicted octanol–water partition coefficient (Wildman–Crippen LogP) is -0.705. The molecule has 7 heteroatoms. The van der Waals surface area contributed by atoms with Crippen LogP contribution in [-0.2, 0) is 10.0 Å². The molecule has 0 spiro atoms. The number of piperazine rings is 1. The average Bonchev–Trinajstić information content (AvgIpc) is 2.90. The third-order valence-electron chi connectivity index (χ3n) is 4.00. The van der Waals surface area contributed by atoms with Crippen LogP contribution in [0, 0.1) is 0 Å². The highest BCUT2D eigenvalue weighted by Crippen LogP contribution is 2.08. The summed E-state index contributed by atoms with van der Waals surface area (Å²) in [5, 5.41) is 3.27. The molecule has 0 amide bonds. The maximum absolute atomic E-state index is 12.1. The summed E-state index contributed by atoms with van der Waals surface area (Å²) in [4.78, 5) is 4.55. The van der Waals surface area contributed by atoms with Gasteiger partial charge in [0.2, 0.25) is 10.0 Å². The van der Waals surface area contributed by atoms with Crippen molar-refractivity contribution in [3.63, 3.8) is 0 Å². The number of nitrogens with zero attached hydrogens (tertiary/aromatic N) is 2. The second kappa shape index (κ2) is 7.70. The summed E-state index contributed by atoms with van der Waals surface area (Å²) >= 11 is 0. The lowest BCUT2D eigenvalue weighted by molar-refractivity contribution is 0.253. The standard InChI is InChI=1S/C13H28N4O2S/c1-13(12-17-6-2-3-7-17)15-20(18,19)11-10-16-8-4-14-5-9-16/h13-15H,2-12H2,1H3. The zero-order valence-corrected chi connectivity index (χ0v) is 13.3.